The van der Waals surface area contributed by atoms with E-state index >= 15 is 0 Å². The monoisotopic (exact) mass is 359 g/mol. The van der Waals surface area contributed by atoms with Crippen LogP contribution in [0.1, 0.15) is 16.7 Å². The van der Waals surface area contributed by atoms with Gasteiger partial charge in [-0.3, -0.25) is 4.79 Å². The average molecular weight is 359 g/mol. The second-order valence-corrected chi connectivity index (χ2v) is 6.51. The Kier molecular flexibility index (Phi) is 5.06. The predicted molar refractivity (Wildman–Crippen MR) is 104 cm³/mol. The van der Waals surface area contributed by atoms with Gasteiger partial charge in [-0.25, -0.2) is 0 Å². The van der Waals surface area contributed by atoms with Crippen molar-refractivity contribution in [2.75, 3.05) is 0 Å². The largest absolute Gasteiger partial charge is 0.489 e. The molecule has 0 fully saturated rings. The van der Waals surface area contributed by atoms with Crippen LogP contribution in [0.5, 0.6) is 11.5 Å². The lowest BCUT2D eigenvalue weighted by Crippen LogP contribution is -2.37. The molecule has 4 nitrogen and oxygen atoms in total. The number of para-hydroxylation sites is 2. The molecular formula is C23H21NO3. The topological polar surface area (TPSA) is 47.6 Å². The van der Waals surface area contributed by atoms with E-state index in [0.717, 1.165) is 28.2 Å². The Bertz CT molecular complexity index is 899. The molecule has 1 unspecified atom stereocenters. The highest BCUT2D eigenvalue weighted by Gasteiger charge is 2.28. The number of benzene rings is 3. The maximum atomic E-state index is 12.5. The normalized spacial score (nSPS) is 14.9. The highest BCUT2D eigenvalue weighted by atomic mass is 16.5. The van der Waals surface area contributed by atoms with Crippen molar-refractivity contribution < 1.29 is 14.3 Å². The molecule has 1 N–H and O–H groups in total. The van der Waals surface area contributed by atoms with Crippen LogP contribution in [0.2, 0.25) is 0 Å². The summed E-state index contributed by atoms with van der Waals surface area (Å²) in [6.07, 6.45) is 0.149. The molecule has 0 spiro atoms. The third-order valence-corrected chi connectivity index (χ3v) is 4.65. The second-order valence-electron chi connectivity index (χ2n) is 6.51. The van der Waals surface area contributed by atoms with E-state index in [1.54, 1.807) is 0 Å². The zero-order chi connectivity index (χ0) is 18.5. The van der Waals surface area contributed by atoms with Gasteiger partial charge in [0.2, 0.25) is 0 Å². The van der Waals surface area contributed by atoms with Crippen molar-refractivity contribution in [3.8, 4) is 11.5 Å². The molecule has 0 aliphatic carbocycles. The van der Waals surface area contributed by atoms with Crippen molar-refractivity contribution in [2.45, 2.75) is 25.7 Å². The lowest BCUT2D eigenvalue weighted by atomic mass is 10.1. The van der Waals surface area contributed by atoms with Gasteiger partial charge >= 0.3 is 0 Å². The van der Waals surface area contributed by atoms with E-state index in [0.29, 0.717) is 19.6 Å². The Morgan fingerprint density at radius 1 is 0.926 bits per heavy atom. The Morgan fingerprint density at radius 3 is 2.44 bits per heavy atom. The van der Waals surface area contributed by atoms with Crippen LogP contribution in [-0.2, 0) is 24.4 Å². The first-order valence-electron chi connectivity index (χ1n) is 9.06. The highest BCUT2D eigenvalue weighted by molar-refractivity contribution is 5.82. The lowest BCUT2D eigenvalue weighted by Gasteiger charge is -2.14. The zero-order valence-electron chi connectivity index (χ0n) is 14.9. The average Bonchev–Trinajstić information content (AvgIpc) is 3.16. The van der Waals surface area contributed by atoms with Gasteiger partial charge in [0.15, 0.2) is 6.10 Å². The van der Waals surface area contributed by atoms with Crippen LogP contribution in [0.3, 0.4) is 0 Å². The second kappa shape index (κ2) is 7.96. The van der Waals surface area contributed by atoms with E-state index in [1.807, 2.05) is 78.9 Å². The van der Waals surface area contributed by atoms with Crippen LogP contribution >= 0.6 is 0 Å². The molecule has 1 amide bonds. The Morgan fingerprint density at radius 2 is 1.63 bits per heavy atom. The van der Waals surface area contributed by atoms with Gasteiger partial charge in [-0.15, -0.1) is 0 Å². The molecule has 3 aromatic carbocycles. The van der Waals surface area contributed by atoms with Crippen molar-refractivity contribution in [1.29, 1.82) is 0 Å². The third-order valence-electron chi connectivity index (χ3n) is 4.65. The predicted octanol–water partition coefficient (Wildman–Crippen LogP) is 3.89. The summed E-state index contributed by atoms with van der Waals surface area (Å²) in [5, 5.41) is 2.99. The first kappa shape index (κ1) is 17.2. The summed E-state index contributed by atoms with van der Waals surface area (Å²) in [5.41, 5.74) is 3.17. The van der Waals surface area contributed by atoms with Gasteiger partial charge in [0.25, 0.3) is 5.91 Å². The van der Waals surface area contributed by atoms with E-state index < -0.39 is 6.10 Å². The smallest absolute Gasteiger partial charge is 0.261 e. The number of ether oxygens (including phenoxy) is 2. The number of amides is 1. The molecule has 136 valence electrons. The molecule has 0 radical (unpaired) electrons. The van der Waals surface area contributed by atoms with E-state index in [-0.39, 0.29) is 5.91 Å². The molecule has 1 heterocycles. The Labute approximate surface area is 158 Å². The molecule has 1 atom stereocenters. The minimum absolute atomic E-state index is 0.0926. The number of hydrogen-bond acceptors (Lipinski definition) is 3. The van der Waals surface area contributed by atoms with Crippen molar-refractivity contribution in [3.63, 3.8) is 0 Å². The highest BCUT2D eigenvalue weighted by Crippen LogP contribution is 2.28. The lowest BCUT2D eigenvalue weighted by molar-refractivity contribution is -0.127. The molecule has 0 aromatic heterocycles. The molecule has 0 bridgehead atoms. The number of nitrogens with one attached hydrogen (secondary N) is 1. The molecule has 3 aromatic rings. The van der Waals surface area contributed by atoms with Gasteiger partial charge in [0.05, 0.1) is 0 Å². The number of rotatable bonds is 6. The minimum atomic E-state index is -0.463. The fourth-order valence-corrected chi connectivity index (χ4v) is 3.17. The number of hydrogen-bond donors (Lipinski definition) is 1. The molecule has 1 aliphatic heterocycles. The van der Waals surface area contributed by atoms with Gasteiger partial charge in [-0.05, 0) is 34.9 Å². The summed E-state index contributed by atoms with van der Waals surface area (Å²) < 4.78 is 11.6. The van der Waals surface area contributed by atoms with Gasteiger partial charge in [-0.1, -0.05) is 60.7 Å². The standard InChI is InChI=1S/C23H21NO3/c25-23(22-14-17-8-6-7-13-21(17)27-22)24-15-18-9-4-5-10-19(18)16-26-20-11-2-1-3-12-20/h1-13,22H,14-16H2,(H,24,25). The van der Waals surface area contributed by atoms with Gasteiger partial charge < -0.3 is 14.8 Å². The molecule has 0 saturated heterocycles. The van der Waals surface area contributed by atoms with Crippen LogP contribution in [0.15, 0.2) is 78.9 Å². The number of carbonyl (C=O) groups is 1. The summed E-state index contributed by atoms with van der Waals surface area (Å²) >= 11 is 0. The van der Waals surface area contributed by atoms with Crippen LogP contribution in [0.25, 0.3) is 0 Å². The number of fused-ring (bicyclic) bond motifs is 1. The summed E-state index contributed by atoms with van der Waals surface area (Å²) in [6, 6.07) is 25.5. The van der Waals surface area contributed by atoms with Crippen LogP contribution in [-0.4, -0.2) is 12.0 Å². The first-order valence-corrected chi connectivity index (χ1v) is 9.06. The van der Waals surface area contributed by atoms with Gasteiger partial charge in [-0.2, -0.15) is 0 Å². The van der Waals surface area contributed by atoms with Crippen molar-refractivity contribution in [3.05, 3.63) is 95.6 Å². The quantitative estimate of drug-likeness (QED) is 0.726. The molecule has 1 aliphatic rings. The van der Waals surface area contributed by atoms with E-state index in [1.165, 1.54) is 0 Å². The van der Waals surface area contributed by atoms with Crippen molar-refractivity contribution >= 4 is 5.91 Å². The Hall–Kier alpha value is -3.27. The maximum absolute atomic E-state index is 12.5. The zero-order valence-corrected chi connectivity index (χ0v) is 14.9. The summed E-state index contributed by atoms with van der Waals surface area (Å²) in [6.45, 7) is 0.908. The maximum Gasteiger partial charge on any atom is 0.261 e. The first-order chi connectivity index (χ1) is 13.3. The molecular weight excluding hydrogens is 338 g/mol. The van der Waals surface area contributed by atoms with Crippen molar-refractivity contribution in [1.82, 2.24) is 5.32 Å². The molecule has 27 heavy (non-hydrogen) atoms. The number of carbonyl (C=O) groups excluding carboxylic acids is 1. The molecule has 0 saturated carbocycles. The third kappa shape index (κ3) is 4.11. The van der Waals surface area contributed by atoms with E-state index in [9.17, 15) is 4.79 Å². The molecule has 4 rings (SSSR count). The van der Waals surface area contributed by atoms with Crippen LogP contribution in [0.4, 0.5) is 0 Å². The molecule has 4 heteroatoms. The minimum Gasteiger partial charge on any atom is -0.489 e. The van der Waals surface area contributed by atoms with Crippen LogP contribution < -0.4 is 14.8 Å². The van der Waals surface area contributed by atoms with E-state index in [2.05, 4.69) is 5.32 Å². The summed E-state index contributed by atoms with van der Waals surface area (Å²) in [5.74, 6) is 1.53. The fraction of sp³-hybridized carbons (Fsp3) is 0.174. The summed E-state index contributed by atoms with van der Waals surface area (Å²) in [7, 11) is 0. The van der Waals surface area contributed by atoms with Gasteiger partial charge in [0, 0.05) is 13.0 Å². The summed E-state index contributed by atoms with van der Waals surface area (Å²) in [4.78, 5) is 12.5. The SMILES string of the molecule is O=C(NCc1ccccc1COc1ccccc1)C1Cc2ccccc2O1. The van der Waals surface area contributed by atoms with Gasteiger partial charge in [0.1, 0.15) is 18.1 Å². The van der Waals surface area contributed by atoms with Crippen molar-refractivity contribution in [2.24, 2.45) is 0 Å². The Balaban J connectivity index is 1.35. The van der Waals surface area contributed by atoms with E-state index in [4.69, 9.17) is 9.47 Å². The fourth-order valence-electron chi connectivity index (χ4n) is 3.17. The van der Waals surface area contributed by atoms with Crippen LogP contribution in [0, 0.1) is 0 Å².